The molecule has 1 aliphatic carbocycles. The summed E-state index contributed by atoms with van der Waals surface area (Å²) in [4.78, 5) is 2.20. The van der Waals surface area contributed by atoms with Gasteiger partial charge >= 0.3 is 0 Å². The number of rotatable bonds is 4. The van der Waals surface area contributed by atoms with Crippen LogP contribution in [-0.2, 0) is 0 Å². The van der Waals surface area contributed by atoms with Gasteiger partial charge in [0.25, 0.3) is 0 Å². The van der Waals surface area contributed by atoms with Crippen molar-refractivity contribution >= 4 is 0 Å². The van der Waals surface area contributed by atoms with E-state index in [2.05, 4.69) is 11.8 Å². The van der Waals surface area contributed by atoms with Gasteiger partial charge in [-0.05, 0) is 19.4 Å². The Morgan fingerprint density at radius 3 is 2.57 bits per heavy atom. The van der Waals surface area contributed by atoms with Crippen LogP contribution in [0, 0.1) is 0 Å². The van der Waals surface area contributed by atoms with E-state index >= 15 is 0 Å². The molecule has 0 saturated heterocycles. The van der Waals surface area contributed by atoms with E-state index in [0.29, 0.717) is 6.54 Å². The third-order valence-corrected chi connectivity index (χ3v) is 3.21. The van der Waals surface area contributed by atoms with Crippen LogP contribution in [0.2, 0.25) is 0 Å². The van der Waals surface area contributed by atoms with Crippen molar-refractivity contribution in [3.05, 3.63) is 0 Å². The second-order valence-electron chi connectivity index (χ2n) is 4.12. The van der Waals surface area contributed by atoms with E-state index in [1.54, 1.807) is 0 Å². The largest absolute Gasteiger partial charge is 0.395 e. The molecule has 0 radical (unpaired) electrons. The smallest absolute Gasteiger partial charge is 0.0695 e. The van der Waals surface area contributed by atoms with E-state index in [1.807, 2.05) is 0 Å². The van der Waals surface area contributed by atoms with Crippen LogP contribution in [0.4, 0.5) is 0 Å². The van der Waals surface area contributed by atoms with Crippen molar-refractivity contribution in [3.8, 4) is 0 Å². The van der Waals surface area contributed by atoms with Crippen molar-refractivity contribution in [2.75, 3.05) is 19.7 Å². The molecule has 2 atom stereocenters. The third-order valence-electron chi connectivity index (χ3n) is 3.21. The molecule has 0 aliphatic heterocycles. The lowest BCUT2D eigenvalue weighted by atomic mass is 10.0. The Balaban J connectivity index is 2.51. The van der Waals surface area contributed by atoms with Crippen LogP contribution in [0.1, 0.15) is 39.0 Å². The first-order valence-electron chi connectivity index (χ1n) is 5.82. The molecule has 1 fully saturated rings. The highest BCUT2D eigenvalue weighted by Gasteiger charge is 2.25. The highest BCUT2D eigenvalue weighted by Crippen LogP contribution is 2.22. The zero-order valence-electron chi connectivity index (χ0n) is 9.15. The third kappa shape index (κ3) is 3.23. The SMILES string of the molecule is CCN(CCO)C1CCCCCC1O. The van der Waals surface area contributed by atoms with Gasteiger partial charge in [0.05, 0.1) is 12.7 Å². The molecular weight excluding hydrogens is 178 g/mol. The fraction of sp³-hybridized carbons (Fsp3) is 1.00. The predicted octanol–water partition coefficient (Wildman–Crippen LogP) is 0.994. The van der Waals surface area contributed by atoms with Gasteiger partial charge in [0.1, 0.15) is 0 Å². The lowest BCUT2D eigenvalue weighted by Crippen LogP contribution is -2.44. The number of aliphatic hydroxyl groups excluding tert-OH is 2. The summed E-state index contributed by atoms with van der Waals surface area (Å²) < 4.78 is 0. The molecule has 0 aromatic rings. The average molecular weight is 201 g/mol. The quantitative estimate of drug-likeness (QED) is 0.667. The Hall–Kier alpha value is -0.120. The Labute approximate surface area is 86.7 Å². The van der Waals surface area contributed by atoms with Gasteiger partial charge in [0.15, 0.2) is 0 Å². The summed E-state index contributed by atoms with van der Waals surface area (Å²) in [6, 6.07) is 0.273. The summed E-state index contributed by atoms with van der Waals surface area (Å²) in [7, 11) is 0. The molecule has 0 aromatic carbocycles. The minimum absolute atomic E-state index is 0.191. The van der Waals surface area contributed by atoms with Crippen LogP contribution in [0.5, 0.6) is 0 Å². The van der Waals surface area contributed by atoms with Crippen molar-refractivity contribution in [1.82, 2.24) is 4.90 Å². The van der Waals surface area contributed by atoms with Crippen LogP contribution in [0.3, 0.4) is 0 Å². The average Bonchev–Trinajstić information content (AvgIpc) is 2.40. The summed E-state index contributed by atoms with van der Waals surface area (Å²) in [5.74, 6) is 0. The van der Waals surface area contributed by atoms with Crippen LogP contribution in [0.15, 0.2) is 0 Å². The van der Waals surface area contributed by atoms with Gasteiger partial charge in [-0.15, -0.1) is 0 Å². The maximum absolute atomic E-state index is 9.95. The lowest BCUT2D eigenvalue weighted by molar-refractivity contribution is 0.0380. The fourth-order valence-electron chi connectivity index (χ4n) is 2.38. The first-order valence-corrected chi connectivity index (χ1v) is 5.82. The molecule has 0 aromatic heterocycles. The van der Waals surface area contributed by atoms with Crippen LogP contribution < -0.4 is 0 Å². The molecule has 14 heavy (non-hydrogen) atoms. The topological polar surface area (TPSA) is 43.7 Å². The lowest BCUT2D eigenvalue weighted by Gasteiger charge is -2.32. The normalized spacial score (nSPS) is 29.1. The number of nitrogens with zero attached hydrogens (tertiary/aromatic N) is 1. The standard InChI is InChI=1S/C11H23NO2/c1-2-12(8-9-13)10-6-4-3-5-7-11(10)14/h10-11,13-14H,2-9H2,1H3. The van der Waals surface area contributed by atoms with Gasteiger partial charge in [-0.25, -0.2) is 0 Å². The molecule has 1 rings (SSSR count). The zero-order valence-corrected chi connectivity index (χ0v) is 9.15. The molecule has 0 spiro atoms. The van der Waals surface area contributed by atoms with E-state index in [-0.39, 0.29) is 18.8 Å². The Kier molecular flexibility index (Phi) is 5.45. The fourth-order valence-corrected chi connectivity index (χ4v) is 2.38. The monoisotopic (exact) mass is 201 g/mol. The van der Waals surface area contributed by atoms with Crippen LogP contribution >= 0.6 is 0 Å². The minimum Gasteiger partial charge on any atom is -0.395 e. The van der Waals surface area contributed by atoms with Crippen molar-refractivity contribution < 1.29 is 10.2 Å². The van der Waals surface area contributed by atoms with Gasteiger partial charge in [-0.3, -0.25) is 4.90 Å². The Bertz CT molecular complexity index is 152. The van der Waals surface area contributed by atoms with E-state index in [0.717, 1.165) is 25.8 Å². The highest BCUT2D eigenvalue weighted by molar-refractivity contribution is 4.81. The second-order valence-corrected chi connectivity index (χ2v) is 4.12. The first-order chi connectivity index (χ1) is 6.79. The summed E-state index contributed by atoms with van der Waals surface area (Å²) in [5.41, 5.74) is 0. The maximum Gasteiger partial charge on any atom is 0.0695 e. The molecule has 1 saturated carbocycles. The van der Waals surface area contributed by atoms with Crippen molar-refractivity contribution in [2.45, 2.75) is 51.2 Å². The molecular formula is C11H23NO2. The van der Waals surface area contributed by atoms with Crippen LogP contribution in [0.25, 0.3) is 0 Å². The number of aliphatic hydroxyl groups is 2. The molecule has 2 unspecified atom stereocenters. The maximum atomic E-state index is 9.95. The van der Waals surface area contributed by atoms with Crippen LogP contribution in [-0.4, -0.2) is 47.0 Å². The summed E-state index contributed by atoms with van der Waals surface area (Å²) in [6.45, 7) is 3.89. The van der Waals surface area contributed by atoms with Gasteiger partial charge in [-0.1, -0.05) is 26.2 Å². The Morgan fingerprint density at radius 1 is 1.21 bits per heavy atom. The summed E-state index contributed by atoms with van der Waals surface area (Å²) >= 11 is 0. The summed E-state index contributed by atoms with van der Waals surface area (Å²) in [5, 5.41) is 18.9. The van der Waals surface area contributed by atoms with E-state index < -0.39 is 0 Å². The minimum atomic E-state index is -0.191. The highest BCUT2D eigenvalue weighted by atomic mass is 16.3. The van der Waals surface area contributed by atoms with Crippen molar-refractivity contribution in [3.63, 3.8) is 0 Å². The number of likely N-dealkylation sites (N-methyl/N-ethyl adjacent to an activating group) is 1. The molecule has 0 bridgehead atoms. The zero-order chi connectivity index (χ0) is 10.4. The van der Waals surface area contributed by atoms with Crippen molar-refractivity contribution in [1.29, 1.82) is 0 Å². The molecule has 84 valence electrons. The van der Waals surface area contributed by atoms with E-state index in [4.69, 9.17) is 5.11 Å². The number of hydrogen-bond donors (Lipinski definition) is 2. The van der Waals surface area contributed by atoms with Gasteiger partial charge < -0.3 is 10.2 Å². The second kappa shape index (κ2) is 6.38. The van der Waals surface area contributed by atoms with E-state index in [1.165, 1.54) is 12.8 Å². The molecule has 0 heterocycles. The van der Waals surface area contributed by atoms with E-state index in [9.17, 15) is 5.11 Å². The molecule has 3 nitrogen and oxygen atoms in total. The van der Waals surface area contributed by atoms with Gasteiger partial charge in [0.2, 0.25) is 0 Å². The summed E-state index contributed by atoms with van der Waals surface area (Å²) in [6.07, 6.45) is 5.41. The Morgan fingerprint density at radius 2 is 1.93 bits per heavy atom. The molecule has 0 amide bonds. The van der Waals surface area contributed by atoms with Crippen molar-refractivity contribution in [2.24, 2.45) is 0 Å². The van der Waals surface area contributed by atoms with Gasteiger partial charge in [-0.2, -0.15) is 0 Å². The molecule has 1 aliphatic rings. The molecule has 2 N–H and O–H groups in total. The van der Waals surface area contributed by atoms with Gasteiger partial charge in [0, 0.05) is 12.6 Å². The predicted molar refractivity (Wildman–Crippen MR) is 57.2 cm³/mol. The first kappa shape index (κ1) is 12.0. The number of hydrogen-bond acceptors (Lipinski definition) is 3. The molecule has 3 heteroatoms.